The first-order valence-corrected chi connectivity index (χ1v) is 10.6. The minimum atomic E-state index is -0.431. The van der Waals surface area contributed by atoms with E-state index in [-0.39, 0.29) is 6.61 Å². The Morgan fingerprint density at radius 2 is 2.10 bits per heavy atom. The monoisotopic (exact) mass is 416 g/mol. The molecule has 150 valence electrons. The summed E-state index contributed by atoms with van der Waals surface area (Å²) < 4.78 is 11.1. The van der Waals surface area contributed by atoms with Crippen LogP contribution in [0.3, 0.4) is 0 Å². The highest BCUT2D eigenvalue weighted by Gasteiger charge is 2.20. The SMILES string of the molecule is C=CCOC(=O)c1ccccc1-c1ccc(/C=N/c2sc3c(c2C#N)CCCC3)o1. The fourth-order valence-electron chi connectivity index (χ4n) is 3.54. The second-order valence-corrected chi connectivity index (χ2v) is 7.98. The van der Waals surface area contributed by atoms with E-state index in [2.05, 4.69) is 17.6 Å². The van der Waals surface area contributed by atoms with Gasteiger partial charge < -0.3 is 9.15 Å². The normalized spacial score (nSPS) is 13.0. The van der Waals surface area contributed by atoms with E-state index >= 15 is 0 Å². The molecule has 0 atom stereocenters. The Morgan fingerprint density at radius 3 is 2.93 bits per heavy atom. The van der Waals surface area contributed by atoms with Crippen LogP contribution in [0.15, 0.2) is 58.5 Å². The zero-order valence-corrected chi connectivity index (χ0v) is 17.2. The molecule has 0 amide bonds. The summed E-state index contributed by atoms with van der Waals surface area (Å²) in [7, 11) is 0. The molecule has 1 aromatic carbocycles. The summed E-state index contributed by atoms with van der Waals surface area (Å²) in [4.78, 5) is 18.1. The number of esters is 1. The van der Waals surface area contributed by atoms with Crippen molar-refractivity contribution in [1.29, 1.82) is 5.26 Å². The lowest BCUT2D eigenvalue weighted by atomic mass is 9.96. The van der Waals surface area contributed by atoms with Gasteiger partial charge in [0.15, 0.2) is 0 Å². The summed E-state index contributed by atoms with van der Waals surface area (Å²) in [5.74, 6) is 0.669. The van der Waals surface area contributed by atoms with Crippen LogP contribution in [0, 0.1) is 11.3 Å². The van der Waals surface area contributed by atoms with Crippen LogP contribution in [0.1, 0.15) is 45.0 Å². The zero-order chi connectivity index (χ0) is 20.9. The maximum absolute atomic E-state index is 12.3. The van der Waals surface area contributed by atoms with E-state index in [1.807, 2.05) is 12.1 Å². The quantitative estimate of drug-likeness (QED) is 0.287. The Morgan fingerprint density at radius 1 is 1.27 bits per heavy atom. The molecule has 0 aliphatic heterocycles. The highest BCUT2D eigenvalue weighted by Crippen LogP contribution is 2.39. The smallest absolute Gasteiger partial charge is 0.339 e. The maximum Gasteiger partial charge on any atom is 0.339 e. The first kappa shape index (κ1) is 19.9. The second-order valence-electron chi connectivity index (χ2n) is 6.90. The molecule has 3 aromatic rings. The first-order valence-electron chi connectivity index (χ1n) is 9.77. The molecular formula is C24H20N2O3S. The standard InChI is InChI=1S/C24H20N2O3S/c1-2-13-28-24(27)19-9-4-3-7-17(19)21-12-11-16(29-21)15-26-23-20(14-25)18-8-5-6-10-22(18)30-23/h2-4,7,9,11-12,15H,1,5-6,8,10,13H2/b26-15+. The molecule has 0 fully saturated rings. The van der Waals surface area contributed by atoms with Gasteiger partial charge in [-0.3, -0.25) is 0 Å². The van der Waals surface area contributed by atoms with Crippen LogP contribution in [0.5, 0.6) is 0 Å². The third-order valence-corrected chi connectivity index (χ3v) is 6.14. The van der Waals surface area contributed by atoms with Gasteiger partial charge in [-0.25, -0.2) is 9.79 Å². The molecule has 0 radical (unpaired) electrons. The number of aliphatic imine (C=N–C) groups is 1. The number of carbonyl (C=O) groups is 1. The van der Waals surface area contributed by atoms with Gasteiger partial charge in [-0.1, -0.05) is 30.9 Å². The average molecular weight is 417 g/mol. The third kappa shape index (κ3) is 3.98. The molecule has 0 N–H and O–H groups in total. The third-order valence-electron chi connectivity index (χ3n) is 4.95. The number of carbonyl (C=O) groups excluding carboxylic acids is 1. The summed E-state index contributed by atoms with van der Waals surface area (Å²) in [6.45, 7) is 3.71. The zero-order valence-electron chi connectivity index (χ0n) is 16.4. The predicted molar refractivity (Wildman–Crippen MR) is 118 cm³/mol. The van der Waals surface area contributed by atoms with Crippen LogP contribution < -0.4 is 0 Å². The van der Waals surface area contributed by atoms with E-state index < -0.39 is 5.97 Å². The van der Waals surface area contributed by atoms with Crippen LogP contribution in [-0.2, 0) is 17.6 Å². The number of furan rings is 1. The van der Waals surface area contributed by atoms with E-state index in [9.17, 15) is 10.1 Å². The molecule has 1 aliphatic carbocycles. The van der Waals surface area contributed by atoms with Crippen molar-refractivity contribution in [3.8, 4) is 17.4 Å². The summed E-state index contributed by atoms with van der Waals surface area (Å²) in [6, 6.07) is 13.0. The van der Waals surface area contributed by atoms with Gasteiger partial charge in [0.05, 0.1) is 17.3 Å². The Kier molecular flexibility index (Phi) is 5.92. The van der Waals surface area contributed by atoms with Crippen molar-refractivity contribution in [3.63, 3.8) is 0 Å². The van der Waals surface area contributed by atoms with Crippen molar-refractivity contribution in [2.75, 3.05) is 6.61 Å². The molecule has 2 aromatic heterocycles. The van der Waals surface area contributed by atoms with Gasteiger partial charge in [0.25, 0.3) is 0 Å². The number of rotatable bonds is 6. The lowest BCUT2D eigenvalue weighted by Gasteiger charge is -2.09. The van der Waals surface area contributed by atoms with E-state index in [0.717, 1.165) is 36.2 Å². The number of nitriles is 1. The molecule has 0 spiro atoms. The van der Waals surface area contributed by atoms with E-state index in [0.29, 0.717) is 28.2 Å². The largest absolute Gasteiger partial charge is 0.458 e. The van der Waals surface area contributed by atoms with Gasteiger partial charge in [-0.05, 0) is 49.4 Å². The van der Waals surface area contributed by atoms with Crippen LogP contribution in [0.2, 0.25) is 0 Å². The molecule has 5 nitrogen and oxygen atoms in total. The van der Waals surface area contributed by atoms with Crippen molar-refractivity contribution < 1.29 is 13.9 Å². The molecule has 0 unspecified atom stereocenters. The molecule has 6 heteroatoms. The number of hydrogen-bond acceptors (Lipinski definition) is 6. The van der Waals surface area contributed by atoms with Crippen molar-refractivity contribution >= 4 is 28.5 Å². The number of aryl methyl sites for hydroxylation is 1. The van der Waals surface area contributed by atoms with Crippen LogP contribution in [0.25, 0.3) is 11.3 Å². The van der Waals surface area contributed by atoms with Crippen molar-refractivity contribution in [2.45, 2.75) is 25.7 Å². The predicted octanol–water partition coefficient (Wildman–Crippen LogP) is 5.85. The molecular weight excluding hydrogens is 396 g/mol. The summed E-state index contributed by atoms with van der Waals surface area (Å²) >= 11 is 1.59. The Balaban J connectivity index is 1.59. The lowest BCUT2D eigenvalue weighted by Crippen LogP contribution is -2.06. The van der Waals surface area contributed by atoms with Crippen molar-refractivity contribution in [3.05, 3.63) is 76.4 Å². The number of ether oxygens (including phenoxy) is 1. The molecule has 30 heavy (non-hydrogen) atoms. The van der Waals surface area contributed by atoms with Gasteiger partial charge in [0.1, 0.15) is 29.2 Å². The average Bonchev–Trinajstić information content (AvgIpc) is 3.40. The van der Waals surface area contributed by atoms with Gasteiger partial charge in [0.2, 0.25) is 0 Å². The van der Waals surface area contributed by atoms with Crippen LogP contribution in [0.4, 0.5) is 5.00 Å². The fraction of sp³-hybridized carbons (Fsp3) is 0.208. The first-order chi connectivity index (χ1) is 14.7. The number of benzene rings is 1. The Labute approximate surface area is 178 Å². The number of thiophene rings is 1. The van der Waals surface area contributed by atoms with Gasteiger partial charge >= 0.3 is 5.97 Å². The number of fused-ring (bicyclic) bond motifs is 1. The molecule has 0 saturated heterocycles. The molecule has 0 saturated carbocycles. The molecule has 2 heterocycles. The van der Waals surface area contributed by atoms with Crippen LogP contribution >= 0.6 is 11.3 Å². The summed E-state index contributed by atoms with van der Waals surface area (Å²) in [6.07, 6.45) is 7.41. The maximum atomic E-state index is 12.3. The minimum Gasteiger partial charge on any atom is -0.458 e. The fourth-order valence-corrected chi connectivity index (χ4v) is 4.72. The van der Waals surface area contributed by atoms with Gasteiger partial charge in [-0.15, -0.1) is 11.3 Å². The lowest BCUT2D eigenvalue weighted by molar-refractivity contribution is 0.0550. The van der Waals surface area contributed by atoms with Gasteiger partial charge in [-0.2, -0.15) is 5.26 Å². The summed E-state index contributed by atoms with van der Waals surface area (Å²) in [5.41, 5.74) is 2.92. The van der Waals surface area contributed by atoms with E-state index in [4.69, 9.17) is 9.15 Å². The minimum absolute atomic E-state index is 0.148. The molecule has 4 rings (SSSR count). The van der Waals surface area contributed by atoms with Gasteiger partial charge in [0, 0.05) is 10.4 Å². The summed E-state index contributed by atoms with van der Waals surface area (Å²) in [5, 5.41) is 10.3. The molecule has 1 aliphatic rings. The second kappa shape index (κ2) is 8.93. The highest BCUT2D eigenvalue weighted by molar-refractivity contribution is 7.16. The van der Waals surface area contributed by atoms with E-state index in [1.165, 1.54) is 11.0 Å². The van der Waals surface area contributed by atoms with Crippen LogP contribution in [-0.4, -0.2) is 18.8 Å². The Bertz CT molecular complexity index is 1160. The number of nitrogens with zero attached hydrogens (tertiary/aromatic N) is 2. The topological polar surface area (TPSA) is 75.6 Å². The van der Waals surface area contributed by atoms with E-state index in [1.54, 1.807) is 41.8 Å². The number of hydrogen-bond donors (Lipinski definition) is 0. The highest BCUT2D eigenvalue weighted by atomic mass is 32.1. The van der Waals surface area contributed by atoms with Crippen molar-refractivity contribution in [2.24, 2.45) is 4.99 Å². The Hall–Kier alpha value is -3.43. The molecule has 0 bridgehead atoms. The van der Waals surface area contributed by atoms with Crippen molar-refractivity contribution in [1.82, 2.24) is 0 Å².